The summed E-state index contributed by atoms with van der Waals surface area (Å²) in [6.07, 6.45) is 3.15. The van der Waals surface area contributed by atoms with Gasteiger partial charge in [-0.25, -0.2) is 4.79 Å². The summed E-state index contributed by atoms with van der Waals surface area (Å²) in [6.45, 7) is 3.57. The van der Waals surface area contributed by atoms with Crippen molar-refractivity contribution in [2.45, 2.75) is 13.8 Å². The molecule has 0 aliphatic carbocycles. The van der Waals surface area contributed by atoms with Gasteiger partial charge < -0.3 is 15.3 Å². The molecule has 0 unspecified atom stereocenters. The number of urea groups is 1. The maximum absolute atomic E-state index is 11.8. The highest BCUT2D eigenvalue weighted by molar-refractivity contribution is 5.91. The van der Waals surface area contributed by atoms with Crippen molar-refractivity contribution in [3.8, 4) is 0 Å². The minimum absolute atomic E-state index is 0.318. The molecule has 1 aromatic heterocycles. The topological polar surface area (TPSA) is 82.5 Å². The first kappa shape index (κ1) is 13.0. The fourth-order valence-corrected chi connectivity index (χ4v) is 1.28. The van der Waals surface area contributed by atoms with Crippen molar-refractivity contribution < 1.29 is 14.7 Å². The molecule has 2 amide bonds. The number of anilines is 1. The van der Waals surface area contributed by atoms with Gasteiger partial charge in [0.25, 0.3) is 0 Å². The van der Waals surface area contributed by atoms with Crippen LogP contribution in [-0.4, -0.2) is 40.1 Å². The molecule has 0 aliphatic rings. The number of likely N-dealkylation sites (N-methyl/N-ethyl adjacent to an activating group) is 1. The van der Waals surface area contributed by atoms with Gasteiger partial charge in [-0.05, 0) is 25.5 Å². The number of carbonyl (C=O) groups excluding carboxylic acids is 1. The SMILES string of the molecule is CCN(CC(=O)O)C(=O)Nc1cnccc1C. The molecule has 17 heavy (non-hydrogen) atoms. The van der Waals surface area contributed by atoms with Crippen LogP contribution in [0.25, 0.3) is 0 Å². The van der Waals surface area contributed by atoms with Gasteiger partial charge in [0.1, 0.15) is 6.54 Å². The average Bonchev–Trinajstić information content (AvgIpc) is 2.28. The van der Waals surface area contributed by atoms with Crippen LogP contribution >= 0.6 is 0 Å². The molecule has 0 spiro atoms. The highest BCUT2D eigenvalue weighted by Gasteiger charge is 2.15. The number of carboxylic acid groups (broad SMARTS) is 1. The number of aliphatic carboxylic acids is 1. The summed E-state index contributed by atoms with van der Waals surface area (Å²) in [5, 5.41) is 11.3. The van der Waals surface area contributed by atoms with Crippen molar-refractivity contribution in [1.29, 1.82) is 0 Å². The Morgan fingerprint density at radius 3 is 2.76 bits per heavy atom. The lowest BCUT2D eigenvalue weighted by atomic mass is 10.2. The summed E-state index contributed by atoms with van der Waals surface area (Å²) in [7, 11) is 0. The Hall–Kier alpha value is -2.11. The van der Waals surface area contributed by atoms with Crippen molar-refractivity contribution in [3.63, 3.8) is 0 Å². The van der Waals surface area contributed by atoms with E-state index >= 15 is 0 Å². The molecule has 0 atom stereocenters. The maximum atomic E-state index is 11.8. The molecule has 0 bridgehead atoms. The minimum atomic E-state index is -1.04. The van der Waals surface area contributed by atoms with Crippen LogP contribution in [0.2, 0.25) is 0 Å². The first-order valence-corrected chi connectivity index (χ1v) is 5.23. The van der Waals surface area contributed by atoms with Gasteiger partial charge in [0.15, 0.2) is 0 Å². The van der Waals surface area contributed by atoms with E-state index in [1.807, 2.05) is 6.92 Å². The van der Waals surface area contributed by atoms with Gasteiger partial charge in [-0.3, -0.25) is 9.78 Å². The zero-order valence-corrected chi connectivity index (χ0v) is 9.80. The number of pyridine rings is 1. The molecule has 1 rings (SSSR count). The zero-order chi connectivity index (χ0) is 12.8. The number of carbonyl (C=O) groups is 2. The Morgan fingerprint density at radius 1 is 1.53 bits per heavy atom. The minimum Gasteiger partial charge on any atom is -0.480 e. The van der Waals surface area contributed by atoms with E-state index < -0.39 is 12.0 Å². The number of rotatable bonds is 4. The smallest absolute Gasteiger partial charge is 0.323 e. The fourth-order valence-electron chi connectivity index (χ4n) is 1.28. The molecule has 1 heterocycles. The highest BCUT2D eigenvalue weighted by atomic mass is 16.4. The molecule has 0 fully saturated rings. The molecular formula is C11H15N3O3. The van der Waals surface area contributed by atoms with Crippen LogP contribution in [0.4, 0.5) is 10.5 Å². The van der Waals surface area contributed by atoms with Crippen LogP contribution in [0.1, 0.15) is 12.5 Å². The zero-order valence-electron chi connectivity index (χ0n) is 9.80. The molecule has 6 heteroatoms. The Kier molecular flexibility index (Phi) is 4.45. The largest absolute Gasteiger partial charge is 0.480 e. The van der Waals surface area contributed by atoms with Crippen LogP contribution in [0, 0.1) is 6.92 Å². The average molecular weight is 237 g/mol. The standard InChI is InChI=1S/C11H15N3O3/c1-3-14(7-10(15)16)11(17)13-9-6-12-5-4-8(9)2/h4-6H,3,7H2,1-2H3,(H,13,17)(H,15,16). The van der Waals surface area contributed by atoms with Crippen LogP contribution in [0.15, 0.2) is 18.5 Å². The second-order valence-corrected chi connectivity index (χ2v) is 3.53. The molecular weight excluding hydrogens is 222 g/mol. The van der Waals surface area contributed by atoms with Crippen molar-refractivity contribution in [2.75, 3.05) is 18.4 Å². The Balaban J connectivity index is 2.71. The van der Waals surface area contributed by atoms with E-state index in [2.05, 4.69) is 10.3 Å². The van der Waals surface area contributed by atoms with E-state index in [9.17, 15) is 9.59 Å². The Morgan fingerprint density at radius 2 is 2.24 bits per heavy atom. The Bertz CT molecular complexity index is 420. The van der Waals surface area contributed by atoms with Crippen molar-refractivity contribution in [3.05, 3.63) is 24.0 Å². The summed E-state index contributed by atoms with van der Waals surface area (Å²) in [5.74, 6) is -1.04. The number of amides is 2. The van der Waals surface area contributed by atoms with Gasteiger partial charge in [0, 0.05) is 12.7 Å². The molecule has 2 N–H and O–H groups in total. The summed E-state index contributed by atoms with van der Waals surface area (Å²) in [6, 6.07) is 1.33. The lowest BCUT2D eigenvalue weighted by Crippen LogP contribution is -2.38. The molecule has 0 saturated carbocycles. The predicted molar refractivity (Wildman–Crippen MR) is 62.9 cm³/mol. The van der Waals surface area contributed by atoms with E-state index in [4.69, 9.17) is 5.11 Å². The summed E-state index contributed by atoms with van der Waals surface area (Å²) >= 11 is 0. The first-order chi connectivity index (χ1) is 8.04. The van der Waals surface area contributed by atoms with Crippen molar-refractivity contribution >= 4 is 17.7 Å². The quantitative estimate of drug-likeness (QED) is 0.827. The molecule has 0 saturated heterocycles. The van der Waals surface area contributed by atoms with Crippen LogP contribution in [0.3, 0.4) is 0 Å². The fraction of sp³-hybridized carbons (Fsp3) is 0.364. The number of aryl methyl sites for hydroxylation is 1. The van der Waals surface area contributed by atoms with Gasteiger partial charge in [-0.2, -0.15) is 0 Å². The third kappa shape index (κ3) is 3.75. The third-order valence-corrected chi connectivity index (χ3v) is 2.28. The molecule has 6 nitrogen and oxygen atoms in total. The third-order valence-electron chi connectivity index (χ3n) is 2.28. The maximum Gasteiger partial charge on any atom is 0.323 e. The summed E-state index contributed by atoms with van der Waals surface area (Å²) in [4.78, 5) is 27.4. The van der Waals surface area contributed by atoms with E-state index in [0.29, 0.717) is 12.2 Å². The number of nitrogens with zero attached hydrogens (tertiary/aromatic N) is 2. The molecule has 0 radical (unpaired) electrons. The number of nitrogens with one attached hydrogen (secondary N) is 1. The van der Waals surface area contributed by atoms with Gasteiger partial charge in [0.2, 0.25) is 0 Å². The Labute approximate surface area is 99.3 Å². The normalized spacial score (nSPS) is 9.76. The second-order valence-electron chi connectivity index (χ2n) is 3.53. The summed E-state index contributed by atoms with van der Waals surface area (Å²) in [5.41, 5.74) is 1.46. The summed E-state index contributed by atoms with van der Waals surface area (Å²) < 4.78 is 0. The van der Waals surface area contributed by atoms with Crippen LogP contribution < -0.4 is 5.32 Å². The van der Waals surface area contributed by atoms with Gasteiger partial charge >= 0.3 is 12.0 Å². The molecule has 0 aromatic carbocycles. The number of aromatic nitrogens is 1. The van der Waals surface area contributed by atoms with Gasteiger partial charge in [-0.1, -0.05) is 0 Å². The second kappa shape index (κ2) is 5.83. The van der Waals surface area contributed by atoms with Gasteiger partial charge in [0.05, 0.1) is 11.9 Å². The number of hydrogen-bond donors (Lipinski definition) is 2. The van der Waals surface area contributed by atoms with Gasteiger partial charge in [-0.15, -0.1) is 0 Å². The van der Waals surface area contributed by atoms with Crippen LogP contribution in [-0.2, 0) is 4.79 Å². The number of hydrogen-bond acceptors (Lipinski definition) is 3. The molecule has 1 aromatic rings. The molecule has 0 aliphatic heterocycles. The lowest BCUT2D eigenvalue weighted by molar-refractivity contribution is -0.137. The predicted octanol–water partition coefficient (Wildman–Crippen LogP) is 1.33. The van der Waals surface area contributed by atoms with E-state index in [-0.39, 0.29) is 6.54 Å². The lowest BCUT2D eigenvalue weighted by Gasteiger charge is -2.19. The number of carboxylic acids is 1. The van der Waals surface area contributed by atoms with E-state index in [0.717, 1.165) is 5.56 Å². The van der Waals surface area contributed by atoms with Crippen LogP contribution in [0.5, 0.6) is 0 Å². The van der Waals surface area contributed by atoms with E-state index in [1.165, 1.54) is 11.1 Å². The molecule has 92 valence electrons. The monoisotopic (exact) mass is 237 g/mol. The first-order valence-electron chi connectivity index (χ1n) is 5.23. The van der Waals surface area contributed by atoms with Crippen molar-refractivity contribution in [1.82, 2.24) is 9.88 Å². The van der Waals surface area contributed by atoms with E-state index in [1.54, 1.807) is 19.2 Å². The van der Waals surface area contributed by atoms with Crippen molar-refractivity contribution in [2.24, 2.45) is 0 Å². The highest BCUT2D eigenvalue weighted by Crippen LogP contribution is 2.11.